The standard InChI is InChI=1S/C24H50O4S.C6H15NO3/c1-2-3-4-5-6-7-8-9-10-11-12-13-14-15-16-17-18-19-20-21-22-23-24-28-29(25,26)27;8-4-1-7(2-5-9)3-6-10/h2-24H2,1H3,(H,25,26,27);8-10H,1-6H2. The van der Waals surface area contributed by atoms with Crippen molar-refractivity contribution >= 4 is 10.4 Å². The Morgan fingerprint density at radius 3 is 1.00 bits per heavy atom. The van der Waals surface area contributed by atoms with Gasteiger partial charge in [0.1, 0.15) is 19.6 Å². The summed E-state index contributed by atoms with van der Waals surface area (Å²) >= 11 is 0. The zero-order valence-corrected chi connectivity index (χ0v) is 26.2. The number of unbranched alkanes of at least 4 members (excludes halogenated alkanes) is 21. The van der Waals surface area contributed by atoms with E-state index in [0.29, 0.717) is 26.1 Å². The summed E-state index contributed by atoms with van der Waals surface area (Å²) in [5.41, 5.74) is 0. The van der Waals surface area contributed by atoms with E-state index in [4.69, 9.17) is 15.3 Å². The van der Waals surface area contributed by atoms with Crippen LogP contribution in [0.3, 0.4) is 0 Å². The maximum atomic E-state index is 10.3. The summed E-state index contributed by atoms with van der Waals surface area (Å²) in [5, 5.41) is 25.5. The van der Waals surface area contributed by atoms with Crippen LogP contribution in [-0.2, 0) is 14.6 Å². The second kappa shape index (κ2) is 33.9. The third-order valence-electron chi connectivity index (χ3n) is 7.12. The Bertz CT molecular complexity index is 535. The molecular formula is C30H65NO7S. The van der Waals surface area contributed by atoms with Crippen molar-refractivity contribution in [3.8, 4) is 0 Å². The Kier molecular flexibility index (Phi) is 35.5. The predicted octanol–water partition coefficient (Wildman–Crippen LogP) is 4.91. The van der Waals surface area contributed by atoms with Crippen molar-refractivity contribution in [1.82, 2.24) is 0 Å². The molecule has 0 fully saturated rings. The molecule has 0 saturated carbocycles. The van der Waals surface area contributed by atoms with Gasteiger partial charge in [-0.3, -0.25) is 4.18 Å². The van der Waals surface area contributed by atoms with Crippen molar-refractivity contribution in [2.45, 2.75) is 148 Å². The first-order valence-corrected chi connectivity index (χ1v) is 17.5. The van der Waals surface area contributed by atoms with Gasteiger partial charge < -0.3 is 24.8 Å². The fourth-order valence-electron chi connectivity index (χ4n) is 4.72. The van der Waals surface area contributed by atoms with Crippen LogP contribution in [0.4, 0.5) is 0 Å². The highest BCUT2D eigenvalue weighted by atomic mass is 32.3. The molecule has 238 valence electrons. The Morgan fingerprint density at radius 2 is 0.769 bits per heavy atom. The zero-order chi connectivity index (χ0) is 29.3. The van der Waals surface area contributed by atoms with E-state index in [9.17, 15) is 13.0 Å². The average Bonchev–Trinajstić information content (AvgIpc) is 2.89. The van der Waals surface area contributed by atoms with Gasteiger partial charge in [-0.1, -0.05) is 142 Å². The maximum absolute atomic E-state index is 10.3. The largest absolute Gasteiger partial charge is 0.726 e. The first-order chi connectivity index (χ1) is 18.9. The fraction of sp³-hybridized carbons (Fsp3) is 1.00. The highest BCUT2D eigenvalue weighted by Gasteiger charge is 2.04. The lowest BCUT2D eigenvalue weighted by Gasteiger charge is -2.15. The van der Waals surface area contributed by atoms with Crippen LogP contribution in [0.15, 0.2) is 0 Å². The van der Waals surface area contributed by atoms with Gasteiger partial charge in [0.2, 0.25) is 10.4 Å². The molecule has 0 aromatic rings. The van der Waals surface area contributed by atoms with Crippen LogP contribution < -0.4 is 4.90 Å². The highest BCUT2D eigenvalue weighted by Crippen LogP contribution is 2.15. The molecule has 0 aliphatic carbocycles. The number of quaternary nitrogens is 1. The van der Waals surface area contributed by atoms with Crippen LogP contribution in [0.2, 0.25) is 0 Å². The summed E-state index contributed by atoms with van der Waals surface area (Å²) in [6, 6.07) is 0. The summed E-state index contributed by atoms with van der Waals surface area (Å²) < 4.78 is 35.0. The van der Waals surface area contributed by atoms with Crippen LogP contribution in [-0.4, -0.2) is 74.4 Å². The molecule has 0 bridgehead atoms. The quantitative estimate of drug-likeness (QED) is 0.0536. The van der Waals surface area contributed by atoms with Crippen molar-refractivity contribution in [2.24, 2.45) is 0 Å². The third-order valence-corrected chi connectivity index (χ3v) is 7.58. The van der Waals surface area contributed by atoms with E-state index in [2.05, 4.69) is 11.1 Å². The van der Waals surface area contributed by atoms with E-state index in [0.717, 1.165) is 17.7 Å². The molecule has 0 aromatic heterocycles. The van der Waals surface area contributed by atoms with E-state index in [1.54, 1.807) is 0 Å². The van der Waals surface area contributed by atoms with Gasteiger partial charge in [0, 0.05) is 0 Å². The van der Waals surface area contributed by atoms with Crippen molar-refractivity contribution < 1.29 is 37.4 Å². The Balaban J connectivity index is 0. The van der Waals surface area contributed by atoms with Crippen molar-refractivity contribution in [3.63, 3.8) is 0 Å². The molecule has 0 heterocycles. The number of rotatable bonds is 30. The third kappa shape index (κ3) is 39.9. The molecular weight excluding hydrogens is 518 g/mol. The molecule has 0 radical (unpaired) electrons. The van der Waals surface area contributed by atoms with Crippen molar-refractivity contribution in [3.05, 3.63) is 0 Å². The van der Waals surface area contributed by atoms with Crippen molar-refractivity contribution in [2.75, 3.05) is 46.1 Å². The number of nitrogens with one attached hydrogen (secondary N) is 1. The van der Waals surface area contributed by atoms with Gasteiger partial charge in [-0.25, -0.2) is 8.42 Å². The summed E-state index contributed by atoms with van der Waals surface area (Å²) in [5.74, 6) is 0. The Labute approximate surface area is 241 Å². The molecule has 8 nitrogen and oxygen atoms in total. The smallest absolute Gasteiger partial charge is 0.217 e. The predicted molar refractivity (Wildman–Crippen MR) is 160 cm³/mol. The minimum absolute atomic E-state index is 0.0327. The fourth-order valence-corrected chi connectivity index (χ4v) is 5.04. The van der Waals surface area contributed by atoms with E-state index in [1.165, 1.54) is 122 Å². The van der Waals surface area contributed by atoms with E-state index < -0.39 is 10.4 Å². The summed E-state index contributed by atoms with van der Waals surface area (Å²) in [4.78, 5) is 1.03. The highest BCUT2D eigenvalue weighted by molar-refractivity contribution is 7.80. The van der Waals surface area contributed by atoms with Crippen molar-refractivity contribution in [1.29, 1.82) is 0 Å². The second-order valence-electron chi connectivity index (χ2n) is 10.8. The average molecular weight is 584 g/mol. The summed E-state index contributed by atoms with van der Waals surface area (Å²) in [7, 11) is -4.50. The Morgan fingerprint density at radius 1 is 0.513 bits per heavy atom. The van der Waals surface area contributed by atoms with Crippen LogP contribution >= 0.6 is 0 Å². The number of aliphatic hydroxyl groups excluding tert-OH is 3. The zero-order valence-electron chi connectivity index (χ0n) is 25.4. The molecule has 39 heavy (non-hydrogen) atoms. The summed E-state index contributed by atoms with van der Waals surface area (Å²) in [6.07, 6.45) is 29.1. The Hall–Kier alpha value is -0.290. The van der Waals surface area contributed by atoms with Gasteiger partial charge in [0.05, 0.1) is 26.4 Å². The van der Waals surface area contributed by atoms with Gasteiger partial charge in [0.25, 0.3) is 0 Å². The summed E-state index contributed by atoms with van der Waals surface area (Å²) in [6.45, 7) is 4.43. The SMILES string of the molecule is CCCCCCCCCCCCCCCCCCCCCCCCOS(=O)(=O)[O-].OCC[NH+](CCO)CCO. The molecule has 0 aromatic carbocycles. The molecule has 0 aliphatic rings. The lowest BCUT2D eigenvalue weighted by atomic mass is 10.0. The first-order valence-electron chi connectivity index (χ1n) is 16.2. The molecule has 0 saturated heterocycles. The van der Waals surface area contributed by atoms with E-state index >= 15 is 0 Å². The van der Waals surface area contributed by atoms with Gasteiger partial charge in [-0.15, -0.1) is 0 Å². The van der Waals surface area contributed by atoms with Crippen LogP contribution in [0.5, 0.6) is 0 Å². The van der Waals surface area contributed by atoms with Crippen LogP contribution in [0.1, 0.15) is 148 Å². The monoisotopic (exact) mass is 583 g/mol. The maximum Gasteiger partial charge on any atom is 0.217 e. The minimum atomic E-state index is -4.50. The number of aliphatic hydroxyl groups is 3. The molecule has 0 amide bonds. The number of hydrogen-bond donors (Lipinski definition) is 4. The van der Waals surface area contributed by atoms with E-state index in [-0.39, 0.29) is 26.4 Å². The molecule has 0 aliphatic heterocycles. The lowest BCUT2D eigenvalue weighted by molar-refractivity contribution is -0.901. The first kappa shape index (κ1) is 40.8. The van der Waals surface area contributed by atoms with Gasteiger partial charge in [-0.05, 0) is 6.42 Å². The molecule has 0 unspecified atom stereocenters. The topological polar surface area (TPSA) is 132 Å². The minimum Gasteiger partial charge on any atom is -0.726 e. The molecule has 0 rings (SSSR count). The lowest BCUT2D eigenvalue weighted by Crippen LogP contribution is -3.13. The normalized spacial score (nSPS) is 11.6. The van der Waals surface area contributed by atoms with Gasteiger partial charge >= 0.3 is 0 Å². The van der Waals surface area contributed by atoms with Gasteiger partial charge in [-0.2, -0.15) is 0 Å². The van der Waals surface area contributed by atoms with Crippen LogP contribution in [0.25, 0.3) is 0 Å². The second-order valence-corrected chi connectivity index (χ2v) is 11.9. The number of hydrogen-bond acceptors (Lipinski definition) is 7. The molecule has 0 atom stereocenters. The van der Waals surface area contributed by atoms with Gasteiger partial charge in [0.15, 0.2) is 0 Å². The molecule has 9 heteroatoms. The molecule has 0 spiro atoms. The van der Waals surface area contributed by atoms with E-state index in [1.807, 2.05) is 0 Å². The molecule has 4 N–H and O–H groups in total. The van der Waals surface area contributed by atoms with Crippen LogP contribution in [0, 0.1) is 0 Å².